The fourth-order valence-corrected chi connectivity index (χ4v) is 2.20. The predicted molar refractivity (Wildman–Crippen MR) is 83.1 cm³/mol. The molecule has 3 nitrogen and oxygen atoms in total. The molecule has 6 heteroatoms. The van der Waals surface area contributed by atoms with Gasteiger partial charge in [-0.2, -0.15) is 0 Å². The van der Waals surface area contributed by atoms with Crippen LogP contribution in [0.15, 0.2) is 30.3 Å². The van der Waals surface area contributed by atoms with Crippen LogP contribution in [0, 0.1) is 5.82 Å². The van der Waals surface area contributed by atoms with Crippen LogP contribution in [-0.2, 0) is 0 Å². The predicted octanol–water partition coefficient (Wildman–Crippen LogP) is 5.29. The molecule has 0 spiro atoms. The molecule has 2 rings (SSSR count). The lowest BCUT2D eigenvalue weighted by Crippen LogP contribution is -2.07. The quantitative estimate of drug-likeness (QED) is 0.774. The molecule has 0 unspecified atom stereocenters. The smallest absolute Gasteiger partial charge is 0.167 e. The molecule has 0 aliphatic carbocycles. The summed E-state index contributed by atoms with van der Waals surface area (Å²) in [7, 11) is 0. The largest absolute Gasteiger partial charge is 0.488 e. The van der Waals surface area contributed by atoms with Gasteiger partial charge in [-0.15, -0.1) is 0 Å². The van der Waals surface area contributed by atoms with Gasteiger partial charge in [0.1, 0.15) is 5.75 Å². The van der Waals surface area contributed by atoms with E-state index in [-0.39, 0.29) is 23.3 Å². The Morgan fingerprint density at radius 1 is 1.00 bits per heavy atom. The van der Waals surface area contributed by atoms with Gasteiger partial charge in [0, 0.05) is 22.2 Å². The van der Waals surface area contributed by atoms with Gasteiger partial charge in [-0.05, 0) is 32.0 Å². The van der Waals surface area contributed by atoms with Crippen molar-refractivity contribution in [3.05, 3.63) is 46.2 Å². The molecule has 0 fully saturated rings. The zero-order valence-electron chi connectivity index (χ0n) is 11.5. The summed E-state index contributed by atoms with van der Waals surface area (Å²) in [6, 6.07) is 7.30. The molecule has 2 aromatic rings. The van der Waals surface area contributed by atoms with Crippen molar-refractivity contribution in [2.24, 2.45) is 0 Å². The van der Waals surface area contributed by atoms with Gasteiger partial charge < -0.3 is 15.2 Å². The number of hydrogen-bond acceptors (Lipinski definition) is 3. The monoisotopic (exact) mass is 329 g/mol. The standard InChI is InChI=1S/C15H14Cl2FNO2/c1-8(2)20-14-7-15(13(19)6-12(14)18)21-11-4-9(16)3-10(17)5-11/h3-8H,19H2,1-2H3. The lowest BCUT2D eigenvalue weighted by molar-refractivity contribution is 0.230. The van der Waals surface area contributed by atoms with Crippen molar-refractivity contribution in [1.82, 2.24) is 0 Å². The molecule has 0 saturated heterocycles. The summed E-state index contributed by atoms with van der Waals surface area (Å²) in [6.07, 6.45) is -0.170. The van der Waals surface area contributed by atoms with Crippen LogP contribution >= 0.6 is 23.2 Å². The van der Waals surface area contributed by atoms with E-state index in [1.54, 1.807) is 32.0 Å². The number of nitrogens with two attached hydrogens (primary N) is 1. The van der Waals surface area contributed by atoms with Crippen molar-refractivity contribution in [3.63, 3.8) is 0 Å². The van der Waals surface area contributed by atoms with Gasteiger partial charge in [0.05, 0.1) is 11.8 Å². The molecule has 0 aliphatic heterocycles. The first-order valence-electron chi connectivity index (χ1n) is 6.25. The Balaban J connectivity index is 2.34. The molecule has 0 heterocycles. The number of nitrogen functional groups attached to an aromatic ring is 1. The van der Waals surface area contributed by atoms with E-state index in [0.29, 0.717) is 15.8 Å². The Morgan fingerprint density at radius 2 is 1.62 bits per heavy atom. The van der Waals surface area contributed by atoms with E-state index in [2.05, 4.69) is 0 Å². The molecule has 0 aromatic heterocycles. The van der Waals surface area contributed by atoms with Gasteiger partial charge in [0.25, 0.3) is 0 Å². The normalized spacial score (nSPS) is 10.8. The molecular weight excluding hydrogens is 316 g/mol. The van der Waals surface area contributed by atoms with Crippen molar-refractivity contribution >= 4 is 28.9 Å². The zero-order valence-corrected chi connectivity index (χ0v) is 13.0. The number of benzene rings is 2. The lowest BCUT2D eigenvalue weighted by Gasteiger charge is -2.14. The third kappa shape index (κ3) is 4.16. The molecule has 0 atom stereocenters. The van der Waals surface area contributed by atoms with Gasteiger partial charge in [0.2, 0.25) is 0 Å². The molecular formula is C15H14Cl2FNO2. The molecule has 0 bridgehead atoms. The van der Waals surface area contributed by atoms with Crippen LogP contribution in [0.3, 0.4) is 0 Å². The minimum atomic E-state index is -0.544. The minimum absolute atomic E-state index is 0.0716. The van der Waals surface area contributed by atoms with Gasteiger partial charge in [-0.25, -0.2) is 4.39 Å². The SMILES string of the molecule is CC(C)Oc1cc(Oc2cc(Cl)cc(Cl)c2)c(N)cc1F. The average Bonchev–Trinajstić information content (AvgIpc) is 2.33. The van der Waals surface area contributed by atoms with E-state index in [0.717, 1.165) is 6.07 Å². The van der Waals surface area contributed by atoms with Gasteiger partial charge in [-0.1, -0.05) is 23.2 Å². The summed E-state index contributed by atoms with van der Waals surface area (Å²) >= 11 is 11.8. The average molecular weight is 330 g/mol. The van der Waals surface area contributed by atoms with Gasteiger partial charge >= 0.3 is 0 Å². The Morgan fingerprint density at radius 3 is 2.19 bits per heavy atom. The summed E-state index contributed by atoms with van der Waals surface area (Å²) < 4.78 is 24.7. The second-order valence-corrected chi connectivity index (χ2v) is 5.57. The maximum atomic E-state index is 13.8. The summed E-state index contributed by atoms with van der Waals surface area (Å²) in [4.78, 5) is 0. The number of rotatable bonds is 4. The van der Waals surface area contributed by atoms with Gasteiger partial charge in [0.15, 0.2) is 17.3 Å². The zero-order chi connectivity index (χ0) is 15.6. The first kappa shape index (κ1) is 15.7. The van der Waals surface area contributed by atoms with Crippen molar-refractivity contribution < 1.29 is 13.9 Å². The fourth-order valence-electron chi connectivity index (χ4n) is 1.70. The second kappa shape index (κ2) is 6.41. The molecule has 2 aromatic carbocycles. The first-order chi connectivity index (χ1) is 9.85. The summed E-state index contributed by atoms with van der Waals surface area (Å²) in [5.41, 5.74) is 5.91. The highest BCUT2D eigenvalue weighted by molar-refractivity contribution is 6.34. The number of hydrogen-bond donors (Lipinski definition) is 1. The van der Waals surface area contributed by atoms with E-state index in [4.69, 9.17) is 38.4 Å². The van der Waals surface area contributed by atoms with Crippen molar-refractivity contribution in [2.75, 3.05) is 5.73 Å². The van der Waals surface area contributed by atoms with Crippen molar-refractivity contribution in [2.45, 2.75) is 20.0 Å². The number of halogens is 3. The number of ether oxygens (including phenoxy) is 2. The Hall–Kier alpha value is -1.65. The number of anilines is 1. The van der Waals surface area contributed by atoms with Crippen LogP contribution in [0.5, 0.6) is 17.2 Å². The Bertz CT molecular complexity index is 642. The molecule has 2 N–H and O–H groups in total. The van der Waals surface area contributed by atoms with E-state index in [1.165, 1.54) is 6.07 Å². The van der Waals surface area contributed by atoms with Crippen molar-refractivity contribution in [1.29, 1.82) is 0 Å². The fraction of sp³-hybridized carbons (Fsp3) is 0.200. The van der Waals surface area contributed by atoms with Crippen molar-refractivity contribution in [3.8, 4) is 17.2 Å². The molecule has 21 heavy (non-hydrogen) atoms. The summed E-state index contributed by atoms with van der Waals surface area (Å²) in [5, 5.41) is 0.855. The molecule has 0 aliphatic rings. The van der Waals surface area contributed by atoms with E-state index >= 15 is 0 Å². The van der Waals surface area contributed by atoms with Gasteiger partial charge in [-0.3, -0.25) is 0 Å². The Kier molecular flexibility index (Phi) is 4.80. The first-order valence-corrected chi connectivity index (χ1v) is 7.00. The highest BCUT2D eigenvalue weighted by atomic mass is 35.5. The molecule has 112 valence electrons. The van der Waals surface area contributed by atoms with E-state index < -0.39 is 5.82 Å². The van der Waals surface area contributed by atoms with Crippen LogP contribution < -0.4 is 15.2 Å². The Labute approximate surface area is 132 Å². The molecule has 0 amide bonds. The summed E-state index contributed by atoms with van der Waals surface area (Å²) in [6.45, 7) is 3.60. The lowest BCUT2D eigenvalue weighted by atomic mass is 10.2. The maximum Gasteiger partial charge on any atom is 0.167 e. The molecule has 0 radical (unpaired) electrons. The maximum absolute atomic E-state index is 13.8. The van der Waals surface area contributed by atoms with Crippen LogP contribution in [0.1, 0.15) is 13.8 Å². The highest BCUT2D eigenvalue weighted by Crippen LogP contribution is 2.35. The highest BCUT2D eigenvalue weighted by Gasteiger charge is 2.13. The van der Waals surface area contributed by atoms with Crippen LogP contribution in [0.2, 0.25) is 10.0 Å². The second-order valence-electron chi connectivity index (χ2n) is 4.69. The third-order valence-electron chi connectivity index (χ3n) is 2.49. The minimum Gasteiger partial charge on any atom is -0.488 e. The van der Waals surface area contributed by atoms with E-state index in [9.17, 15) is 4.39 Å². The van der Waals surface area contributed by atoms with Crippen LogP contribution in [0.25, 0.3) is 0 Å². The third-order valence-corrected chi connectivity index (χ3v) is 2.93. The topological polar surface area (TPSA) is 44.5 Å². The van der Waals surface area contributed by atoms with E-state index in [1.807, 2.05) is 0 Å². The van der Waals surface area contributed by atoms with Crippen LogP contribution in [-0.4, -0.2) is 6.10 Å². The molecule has 0 saturated carbocycles. The van der Waals surface area contributed by atoms with Crippen LogP contribution in [0.4, 0.5) is 10.1 Å². The summed E-state index contributed by atoms with van der Waals surface area (Å²) in [5.74, 6) is 0.201.